The van der Waals surface area contributed by atoms with Crippen molar-refractivity contribution < 1.29 is 12.3 Å². The molecule has 2 nitrogen and oxygen atoms in total. The first-order valence-electron chi connectivity index (χ1n) is 7.31. The molecule has 1 aromatic rings. The van der Waals surface area contributed by atoms with Gasteiger partial charge in [-0.1, -0.05) is 6.04 Å². The van der Waals surface area contributed by atoms with Crippen molar-refractivity contribution in [2.24, 2.45) is 0 Å². The van der Waals surface area contributed by atoms with Crippen molar-refractivity contribution >= 4 is 21.7 Å². The fraction of sp³-hybridized carbons (Fsp3) is 0.375. The molecule has 0 N–H and O–H groups in total. The number of hydrogen-bond donors (Lipinski definition) is 0. The van der Waals surface area contributed by atoms with E-state index in [-0.39, 0.29) is 10.6 Å². The highest BCUT2D eigenvalue weighted by atomic mass is 79.9. The predicted molar refractivity (Wildman–Crippen MR) is 48.8 cm³/mol. The maximum atomic E-state index is 7.69. The fourth-order valence-electron chi connectivity index (χ4n) is 0.611. The van der Waals surface area contributed by atoms with Crippen LogP contribution in [0.15, 0.2) is 22.7 Å². The largest absolute Gasteiger partial charge is 0.356 e. The van der Waals surface area contributed by atoms with Gasteiger partial charge in [-0.15, -0.1) is 0 Å². The van der Waals surface area contributed by atoms with Crippen molar-refractivity contribution in [1.82, 2.24) is 4.98 Å². The van der Waals surface area contributed by atoms with Crippen LogP contribution in [-0.2, 0) is 0 Å². The van der Waals surface area contributed by atoms with E-state index >= 15 is 0 Å². The van der Waals surface area contributed by atoms with Crippen molar-refractivity contribution in [3.05, 3.63) is 22.7 Å². The summed E-state index contributed by atoms with van der Waals surface area (Å²) < 4.78 is 68.1. The molecule has 2 heterocycles. The number of hydrogen-bond acceptors (Lipinski definition) is 2. The third-order valence-corrected chi connectivity index (χ3v) is 1.47. The molecule has 0 saturated carbocycles. The van der Waals surface area contributed by atoms with E-state index in [0.29, 0.717) is 4.90 Å². The van der Waals surface area contributed by atoms with Crippen molar-refractivity contribution in [1.29, 1.82) is 0 Å². The Morgan fingerprint density at radius 2 is 2.45 bits per heavy atom. The van der Waals surface area contributed by atoms with E-state index < -0.39 is 37.3 Å². The summed E-state index contributed by atoms with van der Waals surface area (Å²) in [5.74, 6) is -0.511. The highest BCUT2D eigenvalue weighted by Gasteiger charge is 2.14. The summed E-state index contributed by atoms with van der Waals surface area (Å²) in [7, 11) is 0. The summed E-state index contributed by atoms with van der Waals surface area (Å²) in [6, 6.07) is -1.54. The molecule has 2 rings (SSSR count). The molecule has 0 unspecified atom stereocenters. The van der Waals surface area contributed by atoms with Crippen LogP contribution in [0.5, 0.6) is 0 Å². The van der Waals surface area contributed by atoms with Crippen LogP contribution in [0.25, 0.3) is 0 Å². The first-order valence-corrected chi connectivity index (χ1v) is 3.60. The molecular formula is C8H9BrN2. The Hall–Kier alpha value is -0.570. The average Bonchev–Trinajstić information content (AvgIpc) is 2.32. The van der Waals surface area contributed by atoms with Gasteiger partial charge in [0.25, 0.3) is 0 Å². The second kappa shape index (κ2) is 2.81. The van der Waals surface area contributed by atoms with Crippen LogP contribution in [0.4, 0.5) is 5.82 Å². The van der Waals surface area contributed by atoms with E-state index in [1.165, 1.54) is 0 Å². The van der Waals surface area contributed by atoms with Gasteiger partial charge in [0, 0.05) is 21.2 Å². The highest BCUT2D eigenvalue weighted by Crippen LogP contribution is 2.19. The average molecular weight is 222 g/mol. The van der Waals surface area contributed by atoms with Gasteiger partial charge in [-0.2, -0.15) is 0 Å². The fourth-order valence-corrected chi connectivity index (χ4v) is 0.878. The Kier molecular flexibility index (Phi) is 0.569. The number of pyridine rings is 1. The minimum absolute atomic E-state index is 0.132. The molecule has 0 amide bonds. The molecule has 0 aromatic carbocycles. The van der Waals surface area contributed by atoms with E-state index in [9.17, 15) is 0 Å². The maximum absolute atomic E-state index is 7.69. The smallest absolute Gasteiger partial charge is 0.129 e. The molecule has 58 valence electrons. The lowest BCUT2D eigenvalue weighted by molar-refractivity contribution is 0.609. The number of nitrogens with zero attached hydrogens (tertiary/aromatic N) is 2. The van der Waals surface area contributed by atoms with Gasteiger partial charge in [-0.05, 0) is 34.4 Å². The molecule has 1 saturated heterocycles. The number of rotatable bonds is 1. The normalized spacial score (nSPS) is 41.9. The van der Waals surface area contributed by atoms with Gasteiger partial charge < -0.3 is 4.90 Å². The molecule has 3 heteroatoms. The number of anilines is 1. The van der Waals surface area contributed by atoms with Gasteiger partial charge in [0.2, 0.25) is 0 Å². The molecule has 1 fully saturated rings. The van der Waals surface area contributed by atoms with E-state index in [0.717, 1.165) is 0 Å². The lowest BCUT2D eigenvalue weighted by Crippen LogP contribution is -2.37. The molecule has 1 aromatic heterocycles. The van der Waals surface area contributed by atoms with Gasteiger partial charge in [-0.3, -0.25) is 0 Å². The zero-order valence-electron chi connectivity index (χ0n) is 14.3. The van der Waals surface area contributed by atoms with Crippen LogP contribution in [0.1, 0.15) is 18.7 Å². The molecule has 0 aliphatic carbocycles. The summed E-state index contributed by atoms with van der Waals surface area (Å²) in [6.45, 7) is -5.43. The SMILES string of the molecule is [2H]c1c(Br)nc(N2C([2H])([2H])C([2H])([2H])C2([2H])[2H])c([2H])c1[2H]. The summed E-state index contributed by atoms with van der Waals surface area (Å²) in [5.41, 5.74) is 0. The third-order valence-electron chi connectivity index (χ3n) is 1.09. The molecule has 0 bridgehead atoms. The highest BCUT2D eigenvalue weighted by molar-refractivity contribution is 9.10. The second-order valence-corrected chi connectivity index (χ2v) is 2.54. The Morgan fingerprint density at radius 1 is 1.64 bits per heavy atom. The van der Waals surface area contributed by atoms with E-state index in [1.807, 2.05) is 0 Å². The summed E-state index contributed by atoms with van der Waals surface area (Å²) >= 11 is 2.89. The number of halogens is 1. The Bertz CT molecular complexity index is 570. The monoisotopic (exact) mass is 221 g/mol. The van der Waals surface area contributed by atoms with Crippen LogP contribution in [-0.4, -0.2) is 18.0 Å². The summed E-state index contributed by atoms with van der Waals surface area (Å²) in [6.07, 6.45) is -2.79. The molecular weight excluding hydrogens is 204 g/mol. The molecule has 1 aliphatic rings. The zero-order valence-corrected chi connectivity index (χ0v) is 6.86. The molecule has 1 aliphatic heterocycles. The predicted octanol–water partition coefficient (Wildman–Crippen LogP) is 2.05. The van der Waals surface area contributed by atoms with Gasteiger partial charge in [0.15, 0.2) is 0 Å². The van der Waals surface area contributed by atoms with E-state index in [1.54, 1.807) is 0 Å². The van der Waals surface area contributed by atoms with Gasteiger partial charge in [0.05, 0.1) is 4.11 Å². The molecule has 11 heavy (non-hydrogen) atoms. The minimum Gasteiger partial charge on any atom is -0.356 e. The first-order chi connectivity index (χ1) is 8.87. The Balaban J connectivity index is 2.65. The second-order valence-electron chi connectivity index (χ2n) is 1.79. The minimum atomic E-state index is -2.79. The summed E-state index contributed by atoms with van der Waals surface area (Å²) in [5, 5.41) is 0. The van der Waals surface area contributed by atoms with Crippen molar-refractivity contribution in [2.75, 3.05) is 17.9 Å². The molecule has 0 spiro atoms. The molecule has 0 radical (unpaired) electrons. The summed E-state index contributed by atoms with van der Waals surface area (Å²) in [4.78, 5) is 4.11. The quantitative estimate of drug-likeness (QED) is 0.676. The van der Waals surface area contributed by atoms with Crippen LogP contribution in [0.2, 0.25) is 0 Å². The maximum Gasteiger partial charge on any atom is 0.129 e. The van der Waals surface area contributed by atoms with Gasteiger partial charge in [0.1, 0.15) is 10.4 Å². The van der Waals surface area contributed by atoms with Crippen molar-refractivity contribution in [2.45, 2.75) is 6.37 Å². The first kappa shape index (κ1) is 2.22. The van der Waals surface area contributed by atoms with Crippen LogP contribution in [0.3, 0.4) is 0 Å². The van der Waals surface area contributed by atoms with Crippen LogP contribution < -0.4 is 4.90 Å². The number of aromatic nitrogens is 1. The van der Waals surface area contributed by atoms with Gasteiger partial charge in [-0.25, -0.2) is 4.98 Å². The molecule has 0 atom stereocenters. The topological polar surface area (TPSA) is 16.1 Å². The van der Waals surface area contributed by atoms with Crippen LogP contribution in [0, 0.1) is 0 Å². The van der Waals surface area contributed by atoms with Gasteiger partial charge >= 0.3 is 0 Å². The Labute approximate surface area is 87.0 Å². The van der Waals surface area contributed by atoms with E-state index in [2.05, 4.69) is 20.9 Å². The van der Waals surface area contributed by atoms with Crippen molar-refractivity contribution in [3.63, 3.8) is 0 Å². The van der Waals surface area contributed by atoms with Crippen LogP contribution >= 0.6 is 15.9 Å². The van der Waals surface area contributed by atoms with E-state index in [4.69, 9.17) is 12.3 Å². The lowest BCUT2D eigenvalue weighted by atomic mass is 10.2. The third kappa shape index (κ3) is 1.38. The standard InChI is InChI=1S/C8H9BrN2/c9-7-3-1-4-8(10-7)11-5-2-6-11/h1,3-4H,2,5-6H2/i1D,2D2,3D,4D,5D2,6D2. The zero-order chi connectivity index (χ0) is 15.7. The lowest BCUT2D eigenvalue weighted by Gasteiger charge is -2.31. The van der Waals surface area contributed by atoms with Crippen molar-refractivity contribution in [3.8, 4) is 0 Å². The Morgan fingerprint density at radius 3 is 3.27 bits per heavy atom.